The van der Waals surface area contributed by atoms with Gasteiger partial charge in [0.25, 0.3) is 0 Å². The second-order valence-corrected chi connectivity index (χ2v) is 4.08. The summed E-state index contributed by atoms with van der Waals surface area (Å²) >= 11 is 0. The Morgan fingerprint density at radius 3 is 2.39 bits per heavy atom. The summed E-state index contributed by atoms with van der Waals surface area (Å²) in [7, 11) is 1.59. The molecule has 0 bridgehead atoms. The SMILES string of the molecule is CC.CNC(=O)Cc1ccc(C(C)C)cc1C=O. The highest BCUT2D eigenvalue weighted by Gasteiger charge is 2.08. The van der Waals surface area contributed by atoms with Crippen LogP contribution in [0.25, 0.3) is 0 Å². The quantitative estimate of drug-likeness (QED) is 0.834. The van der Waals surface area contributed by atoms with E-state index in [1.165, 1.54) is 0 Å². The van der Waals surface area contributed by atoms with E-state index < -0.39 is 0 Å². The first kappa shape index (κ1) is 16.4. The third-order valence-electron chi connectivity index (χ3n) is 2.59. The van der Waals surface area contributed by atoms with Crippen LogP contribution in [-0.2, 0) is 11.2 Å². The monoisotopic (exact) mass is 249 g/mol. The Hall–Kier alpha value is -1.64. The van der Waals surface area contributed by atoms with Crippen LogP contribution in [0, 0.1) is 0 Å². The first-order chi connectivity index (χ1) is 8.58. The normalized spacial score (nSPS) is 9.44. The molecule has 0 radical (unpaired) electrons. The zero-order valence-electron chi connectivity index (χ0n) is 11.9. The lowest BCUT2D eigenvalue weighted by Crippen LogP contribution is -2.20. The van der Waals surface area contributed by atoms with Crippen LogP contribution in [0.1, 0.15) is 55.1 Å². The zero-order chi connectivity index (χ0) is 14.1. The van der Waals surface area contributed by atoms with Crippen molar-refractivity contribution >= 4 is 12.2 Å². The van der Waals surface area contributed by atoms with E-state index in [4.69, 9.17) is 0 Å². The molecule has 0 aliphatic carbocycles. The van der Waals surface area contributed by atoms with Crippen LogP contribution in [-0.4, -0.2) is 19.2 Å². The molecule has 3 heteroatoms. The van der Waals surface area contributed by atoms with Crippen molar-refractivity contribution < 1.29 is 9.59 Å². The standard InChI is InChI=1S/C13H17NO2.C2H6/c1-9(2)10-4-5-11(7-13(16)14-3)12(6-10)8-15;1-2/h4-6,8-9H,7H2,1-3H3,(H,14,16);1-2H3. The fourth-order valence-electron chi connectivity index (χ4n) is 1.50. The lowest BCUT2D eigenvalue weighted by Gasteiger charge is -2.09. The Kier molecular flexibility index (Phi) is 7.68. The molecule has 100 valence electrons. The highest BCUT2D eigenvalue weighted by molar-refractivity contribution is 5.84. The third kappa shape index (κ3) is 4.70. The molecule has 0 atom stereocenters. The highest BCUT2D eigenvalue weighted by atomic mass is 16.1. The number of amides is 1. The van der Waals surface area contributed by atoms with Gasteiger partial charge < -0.3 is 5.32 Å². The largest absolute Gasteiger partial charge is 0.359 e. The lowest BCUT2D eigenvalue weighted by molar-refractivity contribution is -0.119. The molecule has 1 aromatic carbocycles. The number of rotatable bonds is 4. The molecule has 18 heavy (non-hydrogen) atoms. The first-order valence-electron chi connectivity index (χ1n) is 6.37. The fourth-order valence-corrected chi connectivity index (χ4v) is 1.50. The van der Waals surface area contributed by atoms with Gasteiger partial charge in [-0.1, -0.05) is 39.8 Å². The minimum absolute atomic E-state index is 0.0830. The maximum atomic E-state index is 11.2. The fraction of sp³-hybridized carbons (Fsp3) is 0.467. The molecular formula is C15H23NO2. The van der Waals surface area contributed by atoms with Gasteiger partial charge >= 0.3 is 0 Å². The summed E-state index contributed by atoms with van der Waals surface area (Å²) in [4.78, 5) is 22.2. The van der Waals surface area contributed by atoms with Crippen LogP contribution < -0.4 is 5.32 Å². The number of hydrogen-bond donors (Lipinski definition) is 1. The van der Waals surface area contributed by atoms with E-state index in [-0.39, 0.29) is 12.3 Å². The van der Waals surface area contributed by atoms with Gasteiger partial charge in [-0.3, -0.25) is 9.59 Å². The molecule has 1 aromatic rings. The van der Waals surface area contributed by atoms with Crippen molar-refractivity contribution in [2.24, 2.45) is 0 Å². The van der Waals surface area contributed by atoms with Gasteiger partial charge in [0, 0.05) is 12.6 Å². The van der Waals surface area contributed by atoms with E-state index in [0.29, 0.717) is 11.5 Å². The summed E-state index contributed by atoms with van der Waals surface area (Å²) in [5.74, 6) is 0.299. The third-order valence-corrected chi connectivity index (χ3v) is 2.59. The summed E-state index contributed by atoms with van der Waals surface area (Å²) in [5, 5.41) is 2.55. The Labute approximate surface area is 110 Å². The Bertz CT molecular complexity index is 397. The lowest BCUT2D eigenvalue weighted by atomic mass is 9.96. The molecule has 0 heterocycles. The first-order valence-corrected chi connectivity index (χ1v) is 6.37. The molecule has 0 aliphatic rings. The average Bonchev–Trinajstić information content (AvgIpc) is 2.41. The van der Waals surface area contributed by atoms with Crippen molar-refractivity contribution in [3.63, 3.8) is 0 Å². The molecule has 0 fully saturated rings. The Balaban J connectivity index is 0.00000137. The van der Waals surface area contributed by atoms with Crippen LogP contribution >= 0.6 is 0 Å². The molecule has 0 saturated carbocycles. The van der Waals surface area contributed by atoms with Crippen LogP contribution in [0.4, 0.5) is 0 Å². The van der Waals surface area contributed by atoms with Crippen molar-refractivity contribution in [2.75, 3.05) is 7.05 Å². The van der Waals surface area contributed by atoms with Gasteiger partial charge in [-0.2, -0.15) is 0 Å². The van der Waals surface area contributed by atoms with E-state index in [0.717, 1.165) is 17.4 Å². The van der Waals surface area contributed by atoms with Gasteiger partial charge in [-0.25, -0.2) is 0 Å². The second-order valence-electron chi connectivity index (χ2n) is 4.08. The maximum Gasteiger partial charge on any atom is 0.224 e. The van der Waals surface area contributed by atoms with E-state index in [1.807, 2.05) is 32.0 Å². The Morgan fingerprint density at radius 2 is 1.94 bits per heavy atom. The number of likely N-dealkylation sites (N-methyl/N-ethyl adjacent to an activating group) is 1. The number of hydrogen-bond acceptors (Lipinski definition) is 2. The van der Waals surface area contributed by atoms with Gasteiger partial charge in [0.15, 0.2) is 0 Å². The van der Waals surface area contributed by atoms with Crippen LogP contribution in [0.5, 0.6) is 0 Å². The summed E-state index contributed by atoms with van der Waals surface area (Å²) in [6.07, 6.45) is 1.06. The van der Waals surface area contributed by atoms with Gasteiger partial charge in [0.1, 0.15) is 6.29 Å². The predicted molar refractivity (Wildman–Crippen MR) is 75.0 cm³/mol. The minimum atomic E-state index is -0.0830. The number of aldehydes is 1. The van der Waals surface area contributed by atoms with Crippen molar-refractivity contribution in [2.45, 2.75) is 40.0 Å². The summed E-state index contributed by atoms with van der Waals surface area (Å²) in [5.41, 5.74) is 2.50. The van der Waals surface area contributed by atoms with Crippen molar-refractivity contribution in [3.05, 3.63) is 34.9 Å². The molecule has 0 aliphatic heterocycles. The molecule has 1 N–H and O–H groups in total. The molecular weight excluding hydrogens is 226 g/mol. The molecule has 0 saturated heterocycles. The number of nitrogens with one attached hydrogen (secondary N) is 1. The van der Waals surface area contributed by atoms with Crippen molar-refractivity contribution in [1.82, 2.24) is 5.32 Å². The second kappa shape index (κ2) is 8.45. The highest BCUT2D eigenvalue weighted by Crippen LogP contribution is 2.18. The smallest absolute Gasteiger partial charge is 0.224 e. The summed E-state index contributed by atoms with van der Waals surface area (Å²) in [6, 6.07) is 5.68. The maximum absolute atomic E-state index is 11.2. The zero-order valence-corrected chi connectivity index (χ0v) is 11.9. The topological polar surface area (TPSA) is 46.2 Å². The van der Waals surface area contributed by atoms with Crippen LogP contribution in [0.3, 0.4) is 0 Å². The van der Waals surface area contributed by atoms with E-state index >= 15 is 0 Å². The molecule has 0 spiro atoms. The molecule has 0 aromatic heterocycles. The molecule has 1 rings (SSSR count). The van der Waals surface area contributed by atoms with Gasteiger partial charge in [-0.05, 0) is 23.1 Å². The van der Waals surface area contributed by atoms with Gasteiger partial charge in [-0.15, -0.1) is 0 Å². The predicted octanol–water partition coefficient (Wildman–Crippen LogP) is 2.94. The molecule has 1 amide bonds. The average molecular weight is 249 g/mol. The number of carbonyl (C=O) groups excluding carboxylic acids is 2. The Morgan fingerprint density at radius 1 is 1.33 bits per heavy atom. The van der Waals surface area contributed by atoms with Crippen molar-refractivity contribution in [3.8, 4) is 0 Å². The van der Waals surface area contributed by atoms with E-state index in [2.05, 4.69) is 19.2 Å². The number of benzene rings is 1. The van der Waals surface area contributed by atoms with Gasteiger partial charge in [0.2, 0.25) is 5.91 Å². The van der Waals surface area contributed by atoms with Crippen molar-refractivity contribution in [1.29, 1.82) is 0 Å². The minimum Gasteiger partial charge on any atom is -0.359 e. The summed E-state index contributed by atoms with van der Waals surface area (Å²) in [6.45, 7) is 8.14. The van der Waals surface area contributed by atoms with Crippen LogP contribution in [0.2, 0.25) is 0 Å². The molecule has 0 unspecified atom stereocenters. The van der Waals surface area contributed by atoms with Crippen LogP contribution in [0.15, 0.2) is 18.2 Å². The van der Waals surface area contributed by atoms with E-state index in [1.54, 1.807) is 7.05 Å². The van der Waals surface area contributed by atoms with E-state index in [9.17, 15) is 9.59 Å². The summed E-state index contributed by atoms with van der Waals surface area (Å²) < 4.78 is 0. The molecule has 3 nitrogen and oxygen atoms in total. The number of carbonyl (C=O) groups is 2. The van der Waals surface area contributed by atoms with Gasteiger partial charge in [0.05, 0.1) is 6.42 Å².